The van der Waals surface area contributed by atoms with Gasteiger partial charge in [0.1, 0.15) is 0 Å². The zero-order valence-corrected chi connectivity index (χ0v) is 12.3. The second kappa shape index (κ2) is 6.98. The van der Waals surface area contributed by atoms with Gasteiger partial charge in [0.25, 0.3) is 0 Å². The third-order valence-electron chi connectivity index (χ3n) is 3.34. The van der Waals surface area contributed by atoms with Gasteiger partial charge < -0.3 is 10.1 Å². The maximum atomic E-state index is 11.9. The highest BCUT2D eigenvalue weighted by Gasteiger charge is 2.20. The SMILES string of the molecule is COCC1CCN(CC(=O)Nc2nc(C)cs2)CC1. The van der Waals surface area contributed by atoms with Gasteiger partial charge in [-0.3, -0.25) is 9.69 Å². The minimum absolute atomic E-state index is 0.0274. The zero-order valence-electron chi connectivity index (χ0n) is 11.5. The van der Waals surface area contributed by atoms with Crippen molar-refractivity contribution in [2.75, 3.05) is 38.7 Å². The third kappa shape index (κ3) is 4.56. The monoisotopic (exact) mass is 283 g/mol. The molecule has 0 aromatic carbocycles. The van der Waals surface area contributed by atoms with Crippen LogP contribution in [0.2, 0.25) is 0 Å². The van der Waals surface area contributed by atoms with Gasteiger partial charge in [0, 0.05) is 19.1 Å². The number of thiazole rings is 1. The summed E-state index contributed by atoms with van der Waals surface area (Å²) < 4.78 is 5.17. The summed E-state index contributed by atoms with van der Waals surface area (Å²) in [7, 11) is 1.75. The first kappa shape index (κ1) is 14.4. The Kier molecular flexibility index (Phi) is 5.30. The van der Waals surface area contributed by atoms with Gasteiger partial charge in [-0.2, -0.15) is 0 Å². The number of rotatable bonds is 5. The summed E-state index contributed by atoms with van der Waals surface area (Å²) in [5.41, 5.74) is 0.945. The summed E-state index contributed by atoms with van der Waals surface area (Å²) in [4.78, 5) is 18.3. The van der Waals surface area contributed by atoms with Crippen LogP contribution >= 0.6 is 11.3 Å². The van der Waals surface area contributed by atoms with Crippen molar-refractivity contribution in [1.82, 2.24) is 9.88 Å². The lowest BCUT2D eigenvalue weighted by Gasteiger charge is -2.30. The second-order valence-corrected chi connectivity index (χ2v) is 5.88. The lowest BCUT2D eigenvalue weighted by Crippen LogP contribution is -2.40. The molecular weight excluding hydrogens is 262 g/mol. The number of likely N-dealkylation sites (tertiary alicyclic amines) is 1. The van der Waals surface area contributed by atoms with Crippen LogP contribution in [0.1, 0.15) is 18.5 Å². The molecule has 1 N–H and O–H groups in total. The molecule has 1 saturated heterocycles. The molecule has 1 aliphatic heterocycles. The Labute approximate surface area is 118 Å². The lowest BCUT2D eigenvalue weighted by atomic mass is 9.98. The molecule has 0 bridgehead atoms. The molecule has 1 aliphatic rings. The van der Waals surface area contributed by atoms with Crippen molar-refractivity contribution in [3.63, 3.8) is 0 Å². The topological polar surface area (TPSA) is 54.5 Å². The molecule has 5 nitrogen and oxygen atoms in total. The van der Waals surface area contributed by atoms with E-state index in [1.165, 1.54) is 11.3 Å². The summed E-state index contributed by atoms with van der Waals surface area (Å²) >= 11 is 1.47. The van der Waals surface area contributed by atoms with E-state index in [1.807, 2.05) is 12.3 Å². The highest BCUT2D eigenvalue weighted by molar-refractivity contribution is 7.13. The number of methoxy groups -OCH3 is 1. The molecule has 2 heterocycles. The smallest absolute Gasteiger partial charge is 0.240 e. The van der Waals surface area contributed by atoms with E-state index < -0.39 is 0 Å². The Morgan fingerprint density at radius 3 is 2.89 bits per heavy atom. The van der Waals surface area contributed by atoms with Crippen LogP contribution in [0.5, 0.6) is 0 Å². The van der Waals surface area contributed by atoms with Gasteiger partial charge in [-0.15, -0.1) is 11.3 Å². The maximum Gasteiger partial charge on any atom is 0.240 e. The minimum Gasteiger partial charge on any atom is -0.384 e. The molecule has 0 unspecified atom stereocenters. The van der Waals surface area contributed by atoms with Crippen molar-refractivity contribution in [2.24, 2.45) is 5.92 Å². The van der Waals surface area contributed by atoms with Gasteiger partial charge in [-0.05, 0) is 38.8 Å². The molecule has 0 saturated carbocycles. The summed E-state index contributed by atoms with van der Waals surface area (Å²) in [6.07, 6.45) is 2.22. The quantitative estimate of drug-likeness (QED) is 0.894. The summed E-state index contributed by atoms with van der Waals surface area (Å²) in [5.74, 6) is 0.672. The van der Waals surface area contributed by atoms with Crippen molar-refractivity contribution in [2.45, 2.75) is 19.8 Å². The first-order valence-corrected chi connectivity index (χ1v) is 7.48. The fourth-order valence-electron chi connectivity index (χ4n) is 2.32. The van der Waals surface area contributed by atoms with Crippen molar-refractivity contribution < 1.29 is 9.53 Å². The molecule has 106 valence electrons. The van der Waals surface area contributed by atoms with E-state index in [2.05, 4.69) is 15.2 Å². The fourth-order valence-corrected chi connectivity index (χ4v) is 3.02. The van der Waals surface area contributed by atoms with Crippen LogP contribution in [0.4, 0.5) is 5.13 Å². The highest BCUT2D eigenvalue weighted by Crippen LogP contribution is 2.18. The number of hydrogen-bond donors (Lipinski definition) is 1. The van der Waals surface area contributed by atoms with Gasteiger partial charge in [0.05, 0.1) is 12.2 Å². The average molecular weight is 283 g/mol. The zero-order chi connectivity index (χ0) is 13.7. The number of amides is 1. The predicted molar refractivity (Wildman–Crippen MR) is 76.5 cm³/mol. The normalized spacial score (nSPS) is 17.6. The van der Waals surface area contributed by atoms with Gasteiger partial charge in [-0.25, -0.2) is 4.98 Å². The van der Waals surface area contributed by atoms with Crippen molar-refractivity contribution >= 4 is 22.4 Å². The summed E-state index contributed by atoms with van der Waals surface area (Å²) in [6, 6.07) is 0. The van der Waals surface area contributed by atoms with Gasteiger partial charge in [-0.1, -0.05) is 0 Å². The molecule has 1 fully saturated rings. The Morgan fingerprint density at radius 2 is 2.32 bits per heavy atom. The van der Waals surface area contributed by atoms with E-state index in [9.17, 15) is 4.79 Å². The van der Waals surface area contributed by atoms with Crippen LogP contribution in [0, 0.1) is 12.8 Å². The first-order chi connectivity index (χ1) is 9.17. The van der Waals surface area contributed by atoms with Crippen LogP contribution in [-0.2, 0) is 9.53 Å². The Hall–Kier alpha value is -0.980. The van der Waals surface area contributed by atoms with E-state index in [0.29, 0.717) is 17.6 Å². The summed E-state index contributed by atoms with van der Waals surface area (Å²) in [5, 5.41) is 5.48. The van der Waals surface area contributed by atoms with E-state index in [0.717, 1.165) is 38.2 Å². The second-order valence-electron chi connectivity index (χ2n) is 5.02. The molecule has 0 atom stereocenters. The molecule has 1 aromatic heterocycles. The number of ether oxygens (including phenoxy) is 1. The minimum atomic E-state index is 0.0274. The number of hydrogen-bond acceptors (Lipinski definition) is 5. The van der Waals surface area contributed by atoms with E-state index in [4.69, 9.17) is 4.74 Å². The third-order valence-corrected chi connectivity index (χ3v) is 4.22. The number of piperidine rings is 1. The number of carbonyl (C=O) groups excluding carboxylic acids is 1. The van der Waals surface area contributed by atoms with E-state index in [-0.39, 0.29) is 5.91 Å². The molecule has 0 spiro atoms. The predicted octanol–water partition coefficient (Wildman–Crippen LogP) is 1.75. The molecule has 6 heteroatoms. The average Bonchev–Trinajstić information content (AvgIpc) is 2.77. The maximum absolute atomic E-state index is 11.9. The molecule has 2 rings (SSSR count). The van der Waals surface area contributed by atoms with Crippen LogP contribution in [-0.4, -0.2) is 49.1 Å². The Bertz CT molecular complexity index is 414. The van der Waals surface area contributed by atoms with Crippen molar-refractivity contribution in [3.8, 4) is 0 Å². The van der Waals surface area contributed by atoms with Crippen LogP contribution in [0.25, 0.3) is 0 Å². The Morgan fingerprint density at radius 1 is 1.58 bits per heavy atom. The molecule has 1 aromatic rings. The van der Waals surface area contributed by atoms with Gasteiger partial charge in [0.15, 0.2) is 5.13 Å². The number of aromatic nitrogens is 1. The van der Waals surface area contributed by atoms with Gasteiger partial charge >= 0.3 is 0 Å². The van der Waals surface area contributed by atoms with Crippen molar-refractivity contribution in [1.29, 1.82) is 0 Å². The molecule has 0 aliphatic carbocycles. The highest BCUT2D eigenvalue weighted by atomic mass is 32.1. The van der Waals surface area contributed by atoms with Crippen LogP contribution in [0.15, 0.2) is 5.38 Å². The lowest BCUT2D eigenvalue weighted by molar-refractivity contribution is -0.117. The molecule has 0 radical (unpaired) electrons. The molecule has 1 amide bonds. The number of anilines is 1. The first-order valence-electron chi connectivity index (χ1n) is 6.60. The largest absolute Gasteiger partial charge is 0.384 e. The molecule has 19 heavy (non-hydrogen) atoms. The standard InChI is InChI=1S/C13H21N3O2S/c1-10-9-19-13(14-10)15-12(17)7-16-5-3-11(4-6-16)8-18-2/h9,11H,3-8H2,1-2H3,(H,14,15,17). The number of carbonyl (C=O) groups is 1. The van der Waals surface area contributed by atoms with Crippen LogP contribution in [0.3, 0.4) is 0 Å². The number of nitrogens with one attached hydrogen (secondary N) is 1. The van der Waals surface area contributed by atoms with E-state index >= 15 is 0 Å². The van der Waals surface area contributed by atoms with Gasteiger partial charge in [0.2, 0.25) is 5.91 Å². The summed E-state index contributed by atoms with van der Waals surface area (Å²) in [6.45, 7) is 5.15. The number of nitrogens with zero attached hydrogens (tertiary/aromatic N) is 2. The number of aryl methyl sites for hydroxylation is 1. The molecular formula is C13H21N3O2S. The Balaban J connectivity index is 1.71. The van der Waals surface area contributed by atoms with Crippen molar-refractivity contribution in [3.05, 3.63) is 11.1 Å². The van der Waals surface area contributed by atoms with E-state index in [1.54, 1.807) is 7.11 Å². The van der Waals surface area contributed by atoms with Crippen LogP contribution < -0.4 is 5.32 Å². The fraction of sp³-hybridized carbons (Fsp3) is 0.692.